The number of hydrogen-bond donors (Lipinski definition) is 2. The lowest BCUT2D eigenvalue weighted by molar-refractivity contribution is 0.265. The van der Waals surface area contributed by atoms with Crippen molar-refractivity contribution in [3.05, 3.63) is 29.8 Å². The number of guanidine groups is 1. The van der Waals surface area contributed by atoms with Crippen molar-refractivity contribution in [1.29, 1.82) is 0 Å². The standard InChI is InChI=1S/C21H36N4O.HI/c1-6-22-21(24-20-15-25(16(2)3)14-17(20)4)23-13-7-8-18-9-11-19(26-5)12-10-18;/h9-12,16-17,20H,6-8,13-15H2,1-5H3,(H2,22,23,24);1H. The Morgan fingerprint density at radius 1 is 1.26 bits per heavy atom. The summed E-state index contributed by atoms with van der Waals surface area (Å²) in [6.07, 6.45) is 2.08. The quantitative estimate of drug-likeness (QED) is 0.255. The molecule has 2 N–H and O–H groups in total. The number of benzene rings is 1. The number of aryl methyl sites for hydroxylation is 1. The molecule has 1 fully saturated rings. The normalized spacial score (nSPS) is 20.4. The zero-order valence-corrected chi connectivity index (χ0v) is 19.8. The van der Waals surface area contributed by atoms with E-state index in [0.717, 1.165) is 50.7 Å². The predicted molar refractivity (Wildman–Crippen MR) is 126 cm³/mol. The maximum Gasteiger partial charge on any atom is 0.191 e. The highest BCUT2D eigenvalue weighted by atomic mass is 127. The predicted octanol–water partition coefficient (Wildman–Crippen LogP) is 3.53. The van der Waals surface area contributed by atoms with Gasteiger partial charge in [0.1, 0.15) is 5.75 Å². The van der Waals surface area contributed by atoms with E-state index in [9.17, 15) is 0 Å². The Bertz CT molecular complexity index is 562. The summed E-state index contributed by atoms with van der Waals surface area (Å²) in [6.45, 7) is 13.0. The third-order valence-electron chi connectivity index (χ3n) is 5.09. The average molecular weight is 488 g/mol. The molecule has 0 bridgehead atoms. The molecule has 0 saturated carbocycles. The molecule has 0 aliphatic carbocycles. The van der Waals surface area contributed by atoms with Crippen molar-refractivity contribution < 1.29 is 4.74 Å². The molecule has 1 aromatic rings. The summed E-state index contributed by atoms with van der Waals surface area (Å²) in [5.41, 5.74) is 1.33. The number of rotatable bonds is 8. The minimum absolute atomic E-state index is 0. The minimum Gasteiger partial charge on any atom is -0.497 e. The van der Waals surface area contributed by atoms with E-state index < -0.39 is 0 Å². The molecule has 2 rings (SSSR count). The van der Waals surface area contributed by atoms with Crippen molar-refractivity contribution in [3.8, 4) is 5.75 Å². The van der Waals surface area contributed by atoms with Crippen molar-refractivity contribution >= 4 is 29.9 Å². The number of methoxy groups -OCH3 is 1. The van der Waals surface area contributed by atoms with Gasteiger partial charge in [-0.1, -0.05) is 19.1 Å². The topological polar surface area (TPSA) is 48.9 Å². The van der Waals surface area contributed by atoms with Gasteiger partial charge < -0.3 is 15.4 Å². The molecule has 5 nitrogen and oxygen atoms in total. The van der Waals surface area contributed by atoms with Crippen LogP contribution in [0.2, 0.25) is 0 Å². The lowest BCUT2D eigenvalue weighted by Gasteiger charge is -2.22. The summed E-state index contributed by atoms with van der Waals surface area (Å²) >= 11 is 0. The highest BCUT2D eigenvalue weighted by Gasteiger charge is 2.31. The molecule has 1 saturated heterocycles. The van der Waals surface area contributed by atoms with Crippen LogP contribution in [0.4, 0.5) is 0 Å². The number of aliphatic imine (C=N–C) groups is 1. The van der Waals surface area contributed by atoms with Gasteiger partial charge in [0.15, 0.2) is 5.96 Å². The second-order valence-electron chi connectivity index (χ2n) is 7.49. The van der Waals surface area contributed by atoms with E-state index >= 15 is 0 Å². The zero-order chi connectivity index (χ0) is 18.9. The molecule has 0 spiro atoms. The second kappa shape index (κ2) is 12.4. The number of hydrogen-bond acceptors (Lipinski definition) is 3. The monoisotopic (exact) mass is 488 g/mol. The first-order chi connectivity index (χ1) is 12.5. The SMILES string of the molecule is CCNC(=NCCCc1ccc(OC)cc1)NC1CN(C(C)C)CC1C.I. The number of likely N-dealkylation sites (tertiary alicyclic amines) is 1. The molecule has 2 atom stereocenters. The Morgan fingerprint density at radius 3 is 2.52 bits per heavy atom. The van der Waals surface area contributed by atoms with E-state index in [1.54, 1.807) is 7.11 Å². The van der Waals surface area contributed by atoms with Crippen LogP contribution in [0.3, 0.4) is 0 Å². The van der Waals surface area contributed by atoms with Crippen molar-refractivity contribution in [2.45, 2.75) is 52.6 Å². The van der Waals surface area contributed by atoms with Crippen molar-refractivity contribution in [3.63, 3.8) is 0 Å². The molecule has 1 aliphatic rings. The number of nitrogens with zero attached hydrogens (tertiary/aromatic N) is 2. The second-order valence-corrected chi connectivity index (χ2v) is 7.49. The Hall–Kier alpha value is -1.02. The van der Waals surface area contributed by atoms with Crippen LogP contribution in [0.1, 0.15) is 39.7 Å². The summed E-state index contributed by atoms with van der Waals surface area (Å²) < 4.78 is 5.21. The average Bonchev–Trinajstić information content (AvgIpc) is 3.00. The van der Waals surface area contributed by atoms with Crippen LogP contribution < -0.4 is 15.4 Å². The smallest absolute Gasteiger partial charge is 0.191 e. The fraction of sp³-hybridized carbons (Fsp3) is 0.667. The van der Waals surface area contributed by atoms with Gasteiger partial charge in [0.25, 0.3) is 0 Å². The highest BCUT2D eigenvalue weighted by Crippen LogP contribution is 2.18. The Kier molecular flexibility index (Phi) is 11.1. The number of ether oxygens (including phenoxy) is 1. The van der Waals surface area contributed by atoms with Gasteiger partial charge >= 0.3 is 0 Å². The Balaban J connectivity index is 0.00000364. The minimum atomic E-state index is 0. The van der Waals surface area contributed by atoms with Gasteiger partial charge in [-0.05, 0) is 57.2 Å². The van der Waals surface area contributed by atoms with Gasteiger partial charge in [-0.25, -0.2) is 0 Å². The van der Waals surface area contributed by atoms with E-state index in [2.05, 4.69) is 55.4 Å². The summed E-state index contributed by atoms with van der Waals surface area (Å²) in [5, 5.41) is 7.04. The zero-order valence-electron chi connectivity index (χ0n) is 17.5. The van der Waals surface area contributed by atoms with Crippen LogP contribution in [-0.2, 0) is 6.42 Å². The molecule has 27 heavy (non-hydrogen) atoms. The molecule has 154 valence electrons. The molecule has 1 heterocycles. The first kappa shape index (κ1) is 24.0. The van der Waals surface area contributed by atoms with Gasteiger partial charge in [0.2, 0.25) is 0 Å². The van der Waals surface area contributed by atoms with Crippen LogP contribution in [0.5, 0.6) is 5.75 Å². The fourth-order valence-electron chi connectivity index (χ4n) is 3.38. The maximum absolute atomic E-state index is 5.21. The maximum atomic E-state index is 5.21. The summed E-state index contributed by atoms with van der Waals surface area (Å²) in [7, 11) is 1.70. The molecule has 0 radical (unpaired) electrons. The van der Waals surface area contributed by atoms with Crippen LogP contribution >= 0.6 is 24.0 Å². The molecular formula is C21H37IN4O. The molecule has 1 aromatic carbocycles. The highest BCUT2D eigenvalue weighted by molar-refractivity contribution is 14.0. The molecule has 1 aliphatic heterocycles. The van der Waals surface area contributed by atoms with Gasteiger partial charge in [-0.3, -0.25) is 9.89 Å². The number of halogens is 1. The Morgan fingerprint density at radius 2 is 1.96 bits per heavy atom. The van der Waals surface area contributed by atoms with Gasteiger partial charge in [0, 0.05) is 38.3 Å². The third kappa shape index (κ3) is 7.86. The van der Waals surface area contributed by atoms with E-state index in [0.29, 0.717) is 18.0 Å². The fourth-order valence-corrected chi connectivity index (χ4v) is 3.38. The van der Waals surface area contributed by atoms with Crippen molar-refractivity contribution in [1.82, 2.24) is 15.5 Å². The van der Waals surface area contributed by atoms with E-state index in [1.165, 1.54) is 5.56 Å². The van der Waals surface area contributed by atoms with Crippen molar-refractivity contribution in [2.75, 3.05) is 33.3 Å². The van der Waals surface area contributed by atoms with Crippen molar-refractivity contribution in [2.24, 2.45) is 10.9 Å². The molecule has 0 amide bonds. The number of nitrogens with one attached hydrogen (secondary N) is 2. The molecule has 6 heteroatoms. The van der Waals surface area contributed by atoms with Gasteiger partial charge in [0.05, 0.1) is 7.11 Å². The summed E-state index contributed by atoms with van der Waals surface area (Å²) in [4.78, 5) is 7.32. The largest absolute Gasteiger partial charge is 0.497 e. The summed E-state index contributed by atoms with van der Waals surface area (Å²) in [6, 6.07) is 9.38. The van der Waals surface area contributed by atoms with Gasteiger partial charge in [-0.15, -0.1) is 24.0 Å². The van der Waals surface area contributed by atoms with Crippen LogP contribution in [0, 0.1) is 5.92 Å². The van der Waals surface area contributed by atoms with Crippen LogP contribution in [0.25, 0.3) is 0 Å². The Labute approximate surface area is 182 Å². The lowest BCUT2D eigenvalue weighted by Crippen LogP contribution is -2.46. The van der Waals surface area contributed by atoms with E-state index in [-0.39, 0.29) is 24.0 Å². The summed E-state index contributed by atoms with van der Waals surface area (Å²) in [5.74, 6) is 2.50. The van der Waals surface area contributed by atoms with Crippen LogP contribution in [-0.4, -0.2) is 56.2 Å². The van der Waals surface area contributed by atoms with Gasteiger partial charge in [-0.2, -0.15) is 0 Å². The first-order valence-corrected chi connectivity index (χ1v) is 9.95. The first-order valence-electron chi connectivity index (χ1n) is 9.95. The van der Waals surface area contributed by atoms with E-state index in [4.69, 9.17) is 9.73 Å². The molecular weight excluding hydrogens is 451 g/mol. The van der Waals surface area contributed by atoms with E-state index in [1.807, 2.05) is 12.1 Å². The molecule has 2 unspecified atom stereocenters. The lowest BCUT2D eigenvalue weighted by atomic mass is 10.1. The molecule has 0 aromatic heterocycles. The van der Waals surface area contributed by atoms with Crippen LogP contribution in [0.15, 0.2) is 29.3 Å². The third-order valence-corrected chi connectivity index (χ3v) is 5.09.